The fourth-order valence-corrected chi connectivity index (χ4v) is 3.29. The van der Waals surface area contributed by atoms with Crippen molar-refractivity contribution < 1.29 is 33.0 Å². The molecule has 0 fully saturated rings. The summed E-state index contributed by atoms with van der Waals surface area (Å²) in [6.45, 7) is 1.81. The van der Waals surface area contributed by atoms with Crippen LogP contribution in [0.2, 0.25) is 0 Å². The summed E-state index contributed by atoms with van der Waals surface area (Å²) >= 11 is 0. The molecule has 0 unspecified atom stereocenters. The van der Waals surface area contributed by atoms with Crippen LogP contribution in [0.1, 0.15) is 22.8 Å². The maximum atomic E-state index is 13.7. The fraction of sp³-hybridized carbons (Fsp3) is 0.200. The molecule has 3 aromatic carbocycles. The van der Waals surface area contributed by atoms with Gasteiger partial charge in [-0.05, 0) is 48.4 Å². The zero-order valence-electron chi connectivity index (χ0n) is 18.2. The topological polar surface area (TPSA) is 76.1 Å². The highest BCUT2D eigenvalue weighted by molar-refractivity contribution is 5.96. The van der Waals surface area contributed by atoms with Crippen LogP contribution in [0.15, 0.2) is 60.7 Å². The minimum atomic E-state index is -1.07. The van der Waals surface area contributed by atoms with Crippen LogP contribution in [0.3, 0.4) is 0 Å². The lowest BCUT2D eigenvalue weighted by Crippen LogP contribution is -2.35. The molecule has 0 heterocycles. The van der Waals surface area contributed by atoms with E-state index >= 15 is 0 Å². The van der Waals surface area contributed by atoms with Gasteiger partial charge in [0, 0.05) is 23.7 Å². The van der Waals surface area contributed by atoms with Crippen LogP contribution in [0, 0.1) is 11.6 Å². The van der Waals surface area contributed by atoms with E-state index in [1.165, 1.54) is 12.0 Å². The molecule has 0 radical (unpaired) electrons. The smallest absolute Gasteiger partial charge is 0.323 e. The second-order valence-electron chi connectivity index (χ2n) is 7.19. The number of carbonyl (C=O) groups is 2. The highest BCUT2D eigenvalue weighted by Gasteiger charge is 2.17. The van der Waals surface area contributed by atoms with Crippen molar-refractivity contribution in [2.45, 2.75) is 13.5 Å². The van der Waals surface area contributed by atoms with Crippen molar-refractivity contribution in [3.05, 3.63) is 83.4 Å². The summed E-state index contributed by atoms with van der Waals surface area (Å²) in [5.74, 6) is -2.64. The normalized spacial score (nSPS) is 10.5. The first-order valence-corrected chi connectivity index (χ1v) is 10.2. The molecule has 0 aromatic heterocycles. The lowest BCUT2D eigenvalue weighted by atomic mass is 10.0. The van der Waals surface area contributed by atoms with E-state index in [0.29, 0.717) is 22.4 Å². The maximum absolute atomic E-state index is 13.7. The third-order valence-corrected chi connectivity index (χ3v) is 4.98. The van der Waals surface area contributed by atoms with Crippen LogP contribution in [-0.4, -0.2) is 42.1 Å². The Balaban J connectivity index is 1.70. The van der Waals surface area contributed by atoms with Crippen molar-refractivity contribution in [2.24, 2.45) is 0 Å². The average molecular weight is 455 g/mol. The van der Waals surface area contributed by atoms with E-state index < -0.39 is 17.6 Å². The quantitative estimate of drug-likeness (QED) is 0.503. The monoisotopic (exact) mass is 455 g/mol. The molecule has 0 aliphatic rings. The summed E-state index contributed by atoms with van der Waals surface area (Å²) in [4.78, 5) is 24.8. The van der Waals surface area contributed by atoms with Crippen molar-refractivity contribution in [3.8, 4) is 22.6 Å². The molecule has 33 heavy (non-hydrogen) atoms. The molecule has 0 atom stereocenters. The molecule has 0 aliphatic carbocycles. The molecule has 3 rings (SSSR count). The molecule has 1 N–H and O–H groups in total. The number of aliphatic carboxylic acids is 1. The Labute approximate surface area is 190 Å². The number of likely N-dealkylation sites (N-methyl/N-ethyl adjacent to an activating group) is 1. The zero-order valence-corrected chi connectivity index (χ0v) is 18.2. The number of carboxylic acids is 1. The number of halogens is 2. The van der Waals surface area contributed by atoms with E-state index in [2.05, 4.69) is 0 Å². The lowest BCUT2D eigenvalue weighted by Gasteiger charge is -2.19. The molecule has 1 amide bonds. The van der Waals surface area contributed by atoms with E-state index in [-0.39, 0.29) is 31.4 Å². The highest BCUT2D eigenvalue weighted by atomic mass is 19.2. The van der Waals surface area contributed by atoms with Gasteiger partial charge in [-0.25, -0.2) is 8.78 Å². The first-order chi connectivity index (χ1) is 15.8. The molecular formula is C25H23F2NO5. The number of amides is 1. The first-order valence-electron chi connectivity index (χ1n) is 10.2. The predicted octanol–water partition coefficient (Wildman–Crippen LogP) is 4.77. The summed E-state index contributed by atoms with van der Waals surface area (Å²) in [5.41, 5.74) is 2.15. The number of carboxylic acid groups (broad SMARTS) is 1. The van der Waals surface area contributed by atoms with Crippen LogP contribution in [0.4, 0.5) is 8.78 Å². The largest absolute Gasteiger partial charge is 0.496 e. The predicted molar refractivity (Wildman–Crippen MR) is 118 cm³/mol. The van der Waals surface area contributed by atoms with E-state index in [1.54, 1.807) is 55.5 Å². The zero-order chi connectivity index (χ0) is 24.0. The summed E-state index contributed by atoms with van der Waals surface area (Å²) in [6, 6.07) is 15.7. The first kappa shape index (κ1) is 23.7. The van der Waals surface area contributed by atoms with Crippen LogP contribution >= 0.6 is 0 Å². The van der Waals surface area contributed by atoms with Crippen molar-refractivity contribution in [2.75, 3.05) is 20.2 Å². The lowest BCUT2D eigenvalue weighted by molar-refractivity contribution is -0.137. The molecule has 6 nitrogen and oxygen atoms in total. The number of hydrogen-bond donors (Lipinski definition) is 1. The average Bonchev–Trinajstić information content (AvgIpc) is 2.82. The Morgan fingerprint density at radius 3 is 2.33 bits per heavy atom. The molecule has 172 valence electrons. The number of nitrogens with zero attached hydrogens (tertiary/aromatic N) is 1. The Hall–Kier alpha value is -3.94. The third-order valence-electron chi connectivity index (χ3n) is 4.98. The van der Waals surface area contributed by atoms with E-state index in [9.17, 15) is 18.4 Å². The van der Waals surface area contributed by atoms with Crippen molar-refractivity contribution in [1.29, 1.82) is 0 Å². The minimum Gasteiger partial charge on any atom is -0.496 e. The summed E-state index contributed by atoms with van der Waals surface area (Å²) in [5, 5.41) is 8.97. The summed E-state index contributed by atoms with van der Waals surface area (Å²) in [6.07, 6.45) is 0. The van der Waals surface area contributed by atoms with Crippen molar-refractivity contribution in [3.63, 3.8) is 0 Å². The van der Waals surface area contributed by atoms with Crippen molar-refractivity contribution in [1.82, 2.24) is 4.90 Å². The number of carbonyl (C=O) groups excluding carboxylic acids is 1. The standard InChI is InChI=1S/C25H23F2NO5/c1-3-28(14-24(29)30)25(31)18-6-4-5-16(11-18)15-33-19-9-7-17(8-10-19)20-12-21(26)22(27)13-23(20)32-2/h4-13H,3,14-15H2,1-2H3,(H,29,30). The highest BCUT2D eigenvalue weighted by Crippen LogP contribution is 2.33. The van der Waals surface area contributed by atoms with Crippen LogP contribution in [0.5, 0.6) is 11.5 Å². The summed E-state index contributed by atoms with van der Waals surface area (Å²) < 4.78 is 38.1. The van der Waals surface area contributed by atoms with Gasteiger partial charge in [-0.3, -0.25) is 9.59 Å². The van der Waals surface area contributed by atoms with E-state index in [4.69, 9.17) is 14.6 Å². The van der Waals surface area contributed by atoms with Gasteiger partial charge < -0.3 is 19.5 Å². The van der Waals surface area contributed by atoms with Crippen LogP contribution in [0.25, 0.3) is 11.1 Å². The van der Waals surface area contributed by atoms with Gasteiger partial charge in [-0.2, -0.15) is 0 Å². The molecule has 3 aromatic rings. The Morgan fingerprint density at radius 2 is 1.70 bits per heavy atom. The fourth-order valence-electron chi connectivity index (χ4n) is 3.29. The van der Waals surface area contributed by atoms with Gasteiger partial charge in [0.05, 0.1) is 7.11 Å². The maximum Gasteiger partial charge on any atom is 0.323 e. The second kappa shape index (κ2) is 10.6. The van der Waals surface area contributed by atoms with Crippen molar-refractivity contribution >= 4 is 11.9 Å². The molecule has 8 heteroatoms. The molecule has 0 aliphatic heterocycles. The third kappa shape index (κ3) is 5.85. The molecule has 0 saturated carbocycles. The summed E-state index contributed by atoms with van der Waals surface area (Å²) in [7, 11) is 1.38. The van der Waals surface area contributed by atoms with Gasteiger partial charge >= 0.3 is 5.97 Å². The number of benzene rings is 3. The van der Waals surface area contributed by atoms with Gasteiger partial charge in [-0.1, -0.05) is 24.3 Å². The SMILES string of the molecule is CCN(CC(=O)O)C(=O)c1cccc(COc2ccc(-c3cc(F)c(F)cc3OC)cc2)c1. The van der Waals surface area contributed by atoms with Gasteiger partial charge in [0.25, 0.3) is 5.91 Å². The van der Waals surface area contributed by atoms with Gasteiger partial charge in [0.2, 0.25) is 0 Å². The van der Waals surface area contributed by atoms with Gasteiger partial charge in [-0.15, -0.1) is 0 Å². The number of ether oxygens (including phenoxy) is 2. The Kier molecular flexibility index (Phi) is 7.61. The molecule has 0 saturated heterocycles. The number of rotatable bonds is 9. The molecular weight excluding hydrogens is 432 g/mol. The van der Waals surface area contributed by atoms with Gasteiger partial charge in [0.1, 0.15) is 24.7 Å². The Bertz CT molecular complexity index is 1150. The molecule has 0 spiro atoms. The Morgan fingerprint density at radius 1 is 1.00 bits per heavy atom. The minimum absolute atomic E-state index is 0.181. The van der Waals surface area contributed by atoms with E-state index in [1.807, 2.05) is 0 Å². The number of methoxy groups -OCH3 is 1. The van der Waals surface area contributed by atoms with Crippen LogP contribution < -0.4 is 9.47 Å². The molecule has 0 bridgehead atoms. The number of hydrogen-bond acceptors (Lipinski definition) is 4. The van der Waals surface area contributed by atoms with Crippen LogP contribution in [-0.2, 0) is 11.4 Å². The van der Waals surface area contributed by atoms with E-state index in [0.717, 1.165) is 17.7 Å². The second-order valence-corrected chi connectivity index (χ2v) is 7.19. The van der Waals surface area contributed by atoms with Gasteiger partial charge in [0.15, 0.2) is 11.6 Å².